The Morgan fingerprint density at radius 2 is 1.87 bits per heavy atom. The first-order valence-corrected chi connectivity index (χ1v) is 9.45. The summed E-state index contributed by atoms with van der Waals surface area (Å²) in [7, 11) is 3.17. The third-order valence-electron chi connectivity index (χ3n) is 4.17. The molecule has 0 fully saturated rings. The minimum Gasteiger partial charge on any atom is -0.490 e. The summed E-state index contributed by atoms with van der Waals surface area (Å²) in [5.41, 5.74) is 1.32. The number of hydrogen-bond acceptors (Lipinski definition) is 4. The average molecular weight is 413 g/mol. The maximum absolute atomic E-state index is 13.4. The van der Waals surface area contributed by atoms with Crippen LogP contribution < -0.4 is 15.4 Å². The molecule has 0 unspecified atom stereocenters. The predicted molar refractivity (Wildman–Crippen MR) is 113 cm³/mol. The molecule has 3 amide bonds. The van der Waals surface area contributed by atoms with Crippen molar-refractivity contribution in [1.29, 1.82) is 0 Å². The van der Waals surface area contributed by atoms with Crippen LogP contribution in [0.15, 0.2) is 42.5 Å². The highest BCUT2D eigenvalue weighted by Gasteiger charge is 2.19. The van der Waals surface area contributed by atoms with E-state index in [1.54, 1.807) is 37.0 Å². The van der Waals surface area contributed by atoms with Crippen LogP contribution in [0.4, 0.5) is 15.0 Å². The molecular formula is C21H24FN5O3. The molecule has 2 N–H and O–H groups in total. The Morgan fingerprint density at radius 3 is 2.50 bits per heavy atom. The van der Waals surface area contributed by atoms with E-state index >= 15 is 0 Å². The lowest BCUT2D eigenvalue weighted by atomic mass is 10.2. The highest BCUT2D eigenvalue weighted by molar-refractivity contribution is 6.04. The summed E-state index contributed by atoms with van der Waals surface area (Å²) < 4.78 is 20.9. The number of carbonyl (C=O) groups excluding carboxylic acids is 2. The molecule has 0 aliphatic heterocycles. The Bertz CT molecular complexity index is 1060. The van der Waals surface area contributed by atoms with Crippen LogP contribution in [0.5, 0.6) is 5.75 Å². The van der Waals surface area contributed by atoms with Gasteiger partial charge in [-0.25, -0.2) is 13.9 Å². The van der Waals surface area contributed by atoms with Gasteiger partial charge in [-0.1, -0.05) is 6.07 Å². The maximum Gasteiger partial charge on any atom is 0.317 e. The highest BCUT2D eigenvalue weighted by atomic mass is 19.1. The fraction of sp³-hybridized carbons (Fsp3) is 0.286. The molecule has 0 saturated carbocycles. The Balaban J connectivity index is 2.00. The van der Waals surface area contributed by atoms with Crippen LogP contribution in [0.2, 0.25) is 0 Å². The maximum atomic E-state index is 13.4. The molecule has 0 aliphatic carbocycles. The van der Waals surface area contributed by atoms with E-state index in [-0.39, 0.29) is 30.3 Å². The molecule has 0 saturated heterocycles. The molecule has 1 heterocycles. The SMILES string of the molecule is CC(C)Oc1cccc2c1c(NC(=O)CNC(=O)N(C)C)nn2-c1ccc(F)cc1. The van der Waals surface area contributed by atoms with Crippen LogP contribution in [0, 0.1) is 5.82 Å². The fourth-order valence-corrected chi connectivity index (χ4v) is 2.85. The zero-order valence-corrected chi connectivity index (χ0v) is 17.3. The molecule has 30 heavy (non-hydrogen) atoms. The quantitative estimate of drug-likeness (QED) is 0.650. The van der Waals surface area contributed by atoms with Gasteiger partial charge in [0.1, 0.15) is 11.6 Å². The molecule has 0 spiro atoms. The average Bonchev–Trinajstić information content (AvgIpc) is 3.05. The normalized spacial score (nSPS) is 10.9. The number of urea groups is 1. The molecule has 8 nitrogen and oxygen atoms in total. The summed E-state index contributed by atoms with van der Waals surface area (Å²) >= 11 is 0. The van der Waals surface area contributed by atoms with Crippen LogP contribution >= 0.6 is 0 Å². The molecule has 0 atom stereocenters. The van der Waals surface area contributed by atoms with Gasteiger partial charge in [-0.15, -0.1) is 5.10 Å². The van der Waals surface area contributed by atoms with E-state index in [0.717, 1.165) is 0 Å². The lowest BCUT2D eigenvalue weighted by molar-refractivity contribution is -0.115. The van der Waals surface area contributed by atoms with Crippen LogP contribution in [0.3, 0.4) is 0 Å². The molecule has 1 aromatic heterocycles. The van der Waals surface area contributed by atoms with Crippen LogP contribution in [-0.4, -0.2) is 53.4 Å². The molecule has 0 bridgehead atoms. The molecule has 158 valence electrons. The third kappa shape index (κ3) is 4.68. The van der Waals surface area contributed by atoms with Crippen molar-refractivity contribution in [2.45, 2.75) is 20.0 Å². The van der Waals surface area contributed by atoms with E-state index in [1.807, 2.05) is 26.0 Å². The summed E-state index contributed by atoms with van der Waals surface area (Å²) in [5.74, 6) is 0.0533. The summed E-state index contributed by atoms with van der Waals surface area (Å²) in [6, 6.07) is 10.9. The number of hydrogen-bond donors (Lipinski definition) is 2. The number of ether oxygens (including phenoxy) is 1. The van der Waals surface area contributed by atoms with Gasteiger partial charge in [0, 0.05) is 14.1 Å². The number of benzene rings is 2. The predicted octanol–water partition coefficient (Wildman–Crippen LogP) is 3.16. The van der Waals surface area contributed by atoms with Crippen molar-refractivity contribution in [3.63, 3.8) is 0 Å². The van der Waals surface area contributed by atoms with Crippen molar-refractivity contribution in [2.24, 2.45) is 0 Å². The van der Waals surface area contributed by atoms with Gasteiger partial charge in [0.2, 0.25) is 5.91 Å². The Kier molecular flexibility index (Phi) is 6.20. The number of amides is 3. The second kappa shape index (κ2) is 8.81. The van der Waals surface area contributed by atoms with Crippen LogP contribution in [-0.2, 0) is 4.79 Å². The second-order valence-electron chi connectivity index (χ2n) is 7.16. The van der Waals surface area contributed by atoms with E-state index in [0.29, 0.717) is 22.3 Å². The molecule has 3 aromatic rings. The number of carbonyl (C=O) groups is 2. The number of rotatable bonds is 6. The first-order valence-electron chi connectivity index (χ1n) is 9.45. The van der Waals surface area contributed by atoms with Gasteiger partial charge < -0.3 is 20.3 Å². The number of nitrogens with one attached hydrogen (secondary N) is 2. The molecule has 2 aromatic carbocycles. The van der Waals surface area contributed by atoms with Gasteiger partial charge in [-0.05, 0) is 50.2 Å². The fourth-order valence-electron chi connectivity index (χ4n) is 2.85. The topological polar surface area (TPSA) is 88.5 Å². The van der Waals surface area contributed by atoms with Crippen molar-refractivity contribution < 1.29 is 18.7 Å². The van der Waals surface area contributed by atoms with Crippen molar-refractivity contribution in [3.8, 4) is 11.4 Å². The minimum atomic E-state index is -0.435. The van der Waals surface area contributed by atoms with E-state index < -0.39 is 5.91 Å². The molecule has 3 rings (SSSR count). The first kappa shape index (κ1) is 21.1. The van der Waals surface area contributed by atoms with Crippen molar-refractivity contribution in [3.05, 3.63) is 48.3 Å². The van der Waals surface area contributed by atoms with Crippen molar-refractivity contribution in [2.75, 3.05) is 26.0 Å². The third-order valence-corrected chi connectivity index (χ3v) is 4.17. The zero-order chi connectivity index (χ0) is 21.8. The number of halogens is 1. The monoisotopic (exact) mass is 413 g/mol. The smallest absolute Gasteiger partial charge is 0.317 e. The highest BCUT2D eigenvalue weighted by Crippen LogP contribution is 2.34. The van der Waals surface area contributed by atoms with E-state index in [4.69, 9.17) is 4.74 Å². The lowest BCUT2D eigenvalue weighted by Crippen LogP contribution is -2.39. The number of anilines is 1. The van der Waals surface area contributed by atoms with Gasteiger partial charge in [0.25, 0.3) is 0 Å². The Morgan fingerprint density at radius 1 is 1.17 bits per heavy atom. The molecular weight excluding hydrogens is 389 g/mol. The standard InChI is InChI=1S/C21H24FN5O3/c1-13(2)30-17-7-5-6-16-19(17)20(24-18(28)12-23-21(29)26(3)4)25-27(16)15-10-8-14(22)9-11-15/h5-11,13H,12H2,1-4H3,(H,23,29)(H,24,25,28). The van der Waals surface area contributed by atoms with Gasteiger partial charge >= 0.3 is 6.03 Å². The number of fused-ring (bicyclic) bond motifs is 1. The summed E-state index contributed by atoms with van der Waals surface area (Å²) in [4.78, 5) is 25.4. The van der Waals surface area contributed by atoms with Crippen molar-refractivity contribution >= 4 is 28.7 Å². The first-order chi connectivity index (χ1) is 14.3. The molecule has 0 aliphatic rings. The van der Waals surface area contributed by atoms with Crippen LogP contribution in [0.25, 0.3) is 16.6 Å². The molecule has 0 radical (unpaired) electrons. The zero-order valence-electron chi connectivity index (χ0n) is 17.3. The Hall–Kier alpha value is -3.62. The van der Waals surface area contributed by atoms with Gasteiger partial charge in [0.15, 0.2) is 5.82 Å². The number of nitrogens with zero attached hydrogens (tertiary/aromatic N) is 3. The van der Waals surface area contributed by atoms with Gasteiger partial charge in [-0.3, -0.25) is 4.79 Å². The van der Waals surface area contributed by atoms with E-state index in [2.05, 4.69) is 15.7 Å². The van der Waals surface area contributed by atoms with Gasteiger partial charge in [0.05, 0.1) is 29.2 Å². The second-order valence-corrected chi connectivity index (χ2v) is 7.16. The van der Waals surface area contributed by atoms with E-state index in [9.17, 15) is 14.0 Å². The van der Waals surface area contributed by atoms with Crippen LogP contribution in [0.1, 0.15) is 13.8 Å². The van der Waals surface area contributed by atoms with Crippen molar-refractivity contribution in [1.82, 2.24) is 20.0 Å². The van der Waals surface area contributed by atoms with E-state index in [1.165, 1.54) is 17.0 Å². The molecule has 9 heteroatoms. The largest absolute Gasteiger partial charge is 0.490 e. The minimum absolute atomic E-state index is 0.0901. The number of aromatic nitrogens is 2. The summed E-state index contributed by atoms with van der Waals surface area (Å²) in [6.45, 7) is 3.59. The lowest BCUT2D eigenvalue weighted by Gasteiger charge is -2.13. The summed E-state index contributed by atoms with van der Waals surface area (Å²) in [5, 5.41) is 10.4. The van der Waals surface area contributed by atoms with Gasteiger partial charge in [-0.2, -0.15) is 0 Å². The summed E-state index contributed by atoms with van der Waals surface area (Å²) in [6.07, 6.45) is -0.0901. The Labute approximate surface area is 173 Å².